The number of anilines is 3. The van der Waals surface area contributed by atoms with Crippen LogP contribution in [0, 0.1) is 0 Å². The van der Waals surface area contributed by atoms with Crippen molar-refractivity contribution in [2.24, 2.45) is 0 Å². The zero-order valence-electron chi connectivity index (χ0n) is 37.8. The van der Waals surface area contributed by atoms with Gasteiger partial charge in [0, 0.05) is 37.1 Å². The second-order valence-corrected chi connectivity index (χ2v) is 19.0. The Bertz CT molecular complexity index is 3780. The van der Waals surface area contributed by atoms with E-state index in [-0.39, 0.29) is 0 Å². The Balaban J connectivity index is 0.877. The molecule has 0 unspecified atom stereocenters. The topological polar surface area (TPSA) is 3.24 Å². The standard InChI is InChI=1S/C67H45NS/c1-4-18-48(19-5-1)56-26-11-14-32-64(56)68(54-41-38-49(39-42-54)57-29-17-30-60-59-28-12-15-33-65(59)69-66(57)60)55-25-16-20-50(44-55)46-34-36-47(37-35-46)51-40-43-63-61(45-51)58-27-10-13-31-62(58)67(63,52-21-6-2-7-22-52)53-23-8-3-9-24-53/h1-45H. The summed E-state index contributed by atoms with van der Waals surface area (Å²) >= 11 is 1.88. The maximum atomic E-state index is 2.41. The predicted molar refractivity (Wildman–Crippen MR) is 293 cm³/mol. The summed E-state index contributed by atoms with van der Waals surface area (Å²) in [4.78, 5) is 2.41. The highest BCUT2D eigenvalue weighted by Gasteiger charge is 2.46. The molecule has 1 aliphatic rings. The van der Waals surface area contributed by atoms with Gasteiger partial charge in [-0.05, 0) is 115 Å². The lowest BCUT2D eigenvalue weighted by Gasteiger charge is -2.33. The molecular weight excluding hydrogens is 851 g/mol. The van der Waals surface area contributed by atoms with Gasteiger partial charge >= 0.3 is 0 Å². The molecule has 2 heteroatoms. The van der Waals surface area contributed by atoms with E-state index in [1.807, 2.05) is 11.3 Å². The fraction of sp³-hybridized carbons (Fsp3) is 0.0149. The van der Waals surface area contributed by atoms with Crippen LogP contribution in [0.1, 0.15) is 22.3 Å². The summed E-state index contributed by atoms with van der Waals surface area (Å²) in [6, 6.07) is 100. The van der Waals surface area contributed by atoms with Crippen molar-refractivity contribution in [3.05, 3.63) is 295 Å². The van der Waals surface area contributed by atoms with Crippen LogP contribution < -0.4 is 4.90 Å². The molecule has 11 aromatic carbocycles. The van der Waals surface area contributed by atoms with Gasteiger partial charge in [0.25, 0.3) is 0 Å². The third-order valence-electron chi connectivity index (χ3n) is 14.2. The summed E-state index contributed by atoms with van der Waals surface area (Å²) in [6.45, 7) is 0. The van der Waals surface area contributed by atoms with E-state index in [0.717, 1.165) is 22.6 Å². The Morgan fingerprint density at radius 2 is 0.797 bits per heavy atom. The lowest BCUT2D eigenvalue weighted by atomic mass is 9.67. The summed E-state index contributed by atoms with van der Waals surface area (Å²) in [5.41, 5.74) is 20.2. The summed E-state index contributed by atoms with van der Waals surface area (Å²) in [5, 5.41) is 2.63. The van der Waals surface area contributed by atoms with Crippen LogP contribution in [0.4, 0.5) is 17.1 Å². The number of hydrogen-bond donors (Lipinski definition) is 0. The van der Waals surface area contributed by atoms with Crippen molar-refractivity contribution >= 4 is 48.6 Å². The smallest absolute Gasteiger partial charge is 0.0713 e. The van der Waals surface area contributed by atoms with E-state index in [9.17, 15) is 0 Å². The maximum Gasteiger partial charge on any atom is 0.0713 e. The summed E-state index contributed by atoms with van der Waals surface area (Å²) < 4.78 is 2.64. The van der Waals surface area contributed by atoms with Crippen molar-refractivity contribution < 1.29 is 0 Å². The van der Waals surface area contributed by atoms with Gasteiger partial charge in [-0.25, -0.2) is 0 Å². The molecule has 0 amide bonds. The molecule has 0 saturated carbocycles. The largest absolute Gasteiger partial charge is 0.310 e. The average molecular weight is 896 g/mol. The molecule has 0 atom stereocenters. The summed E-state index contributed by atoms with van der Waals surface area (Å²) in [7, 11) is 0. The Hall–Kier alpha value is -8.56. The van der Waals surface area contributed by atoms with Gasteiger partial charge in [0.15, 0.2) is 0 Å². The highest BCUT2D eigenvalue weighted by Crippen LogP contribution is 2.56. The van der Waals surface area contributed by atoms with Crippen molar-refractivity contribution in [2.75, 3.05) is 4.90 Å². The zero-order chi connectivity index (χ0) is 45.7. The van der Waals surface area contributed by atoms with Crippen LogP contribution >= 0.6 is 11.3 Å². The molecule has 0 spiro atoms. The van der Waals surface area contributed by atoms with Crippen LogP contribution in [0.15, 0.2) is 273 Å². The van der Waals surface area contributed by atoms with Crippen LogP contribution in [0.2, 0.25) is 0 Å². The predicted octanol–water partition coefficient (Wildman–Crippen LogP) is 18.6. The van der Waals surface area contributed by atoms with Crippen LogP contribution in [-0.2, 0) is 5.41 Å². The molecule has 0 bridgehead atoms. The molecule has 0 fully saturated rings. The molecular formula is C67H45NS. The van der Waals surface area contributed by atoms with E-state index >= 15 is 0 Å². The van der Waals surface area contributed by atoms with Crippen molar-refractivity contribution in [3.63, 3.8) is 0 Å². The van der Waals surface area contributed by atoms with E-state index < -0.39 is 5.41 Å². The van der Waals surface area contributed by atoms with Crippen LogP contribution in [-0.4, -0.2) is 0 Å². The number of hydrogen-bond acceptors (Lipinski definition) is 2. The Labute approximate surface area is 407 Å². The SMILES string of the molecule is c1ccc(-c2ccccc2N(c2ccc(-c3cccc4c3sc3ccccc34)cc2)c2cccc(-c3ccc(-c4ccc5c(c4)-c4ccccc4C5(c4ccccc4)c4ccccc4)cc3)c2)cc1. The highest BCUT2D eigenvalue weighted by atomic mass is 32.1. The number of rotatable bonds is 9. The molecule has 0 aliphatic heterocycles. The van der Waals surface area contributed by atoms with Gasteiger partial charge in [-0.15, -0.1) is 11.3 Å². The average Bonchev–Trinajstić information content (AvgIpc) is 3.96. The van der Waals surface area contributed by atoms with Gasteiger partial charge in [-0.2, -0.15) is 0 Å². The van der Waals surface area contributed by atoms with Crippen LogP contribution in [0.5, 0.6) is 0 Å². The first-order valence-corrected chi connectivity index (χ1v) is 24.6. The zero-order valence-corrected chi connectivity index (χ0v) is 38.7. The molecule has 69 heavy (non-hydrogen) atoms. The minimum atomic E-state index is -0.409. The van der Waals surface area contributed by atoms with Crippen LogP contribution in [0.3, 0.4) is 0 Å². The number of benzene rings is 11. The molecule has 0 radical (unpaired) electrons. The van der Waals surface area contributed by atoms with Gasteiger partial charge in [0.2, 0.25) is 0 Å². The third-order valence-corrected chi connectivity index (χ3v) is 15.4. The summed E-state index contributed by atoms with van der Waals surface area (Å²) in [6.07, 6.45) is 0. The minimum absolute atomic E-state index is 0.409. The Kier molecular flexibility index (Phi) is 10.00. The van der Waals surface area contributed by atoms with E-state index in [0.29, 0.717) is 0 Å². The normalized spacial score (nSPS) is 12.5. The Morgan fingerprint density at radius 1 is 0.290 bits per heavy atom. The van der Waals surface area contributed by atoms with Crippen molar-refractivity contribution in [1.82, 2.24) is 0 Å². The van der Waals surface area contributed by atoms with E-state index in [2.05, 4.69) is 278 Å². The van der Waals surface area contributed by atoms with Gasteiger partial charge in [-0.3, -0.25) is 0 Å². The molecule has 324 valence electrons. The number of fused-ring (bicyclic) bond motifs is 6. The summed E-state index contributed by atoms with van der Waals surface area (Å²) in [5.74, 6) is 0. The van der Waals surface area contributed by atoms with Crippen molar-refractivity contribution in [2.45, 2.75) is 5.41 Å². The fourth-order valence-corrected chi connectivity index (χ4v) is 12.3. The lowest BCUT2D eigenvalue weighted by molar-refractivity contribution is 0.768. The first-order valence-electron chi connectivity index (χ1n) is 23.7. The van der Waals surface area contributed by atoms with Crippen LogP contribution in [0.25, 0.3) is 75.8 Å². The quantitative estimate of drug-likeness (QED) is 0.140. The van der Waals surface area contributed by atoms with Gasteiger partial charge in [0.05, 0.1) is 11.1 Å². The van der Waals surface area contributed by atoms with Gasteiger partial charge in [0.1, 0.15) is 0 Å². The molecule has 12 aromatic rings. The molecule has 1 aromatic heterocycles. The molecule has 13 rings (SSSR count). The van der Waals surface area contributed by atoms with Crippen molar-refractivity contribution in [1.29, 1.82) is 0 Å². The first kappa shape index (κ1) is 40.7. The number of thiophene rings is 1. The second kappa shape index (κ2) is 16.9. The molecule has 1 heterocycles. The second-order valence-electron chi connectivity index (χ2n) is 18.0. The Morgan fingerprint density at radius 3 is 1.54 bits per heavy atom. The minimum Gasteiger partial charge on any atom is -0.310 e. The van der Waals surface area contributed by atoms with Gasteiger partial charge in [-0.1, -0.05) is 231 Å². The van der Waals surface area contributed by atoms with E-state index in [1.54, 1.807) is 0 Å². The fourth-order valence-electron chi connectivity index (χ4n) is 11.0. The monoisotopic (exact) mass is 895 g/mol. The van der Waals surface area contributed by atoms with Crippen molar-refractivity contribution in [3.8, 4) is 55.6 Å². The molecule has 0 saturated heterocycles. The van der Waals surface area contributed by atoms with E-state index in [4.69, 9.17) is 0 Å². The first-order chi connectivity index (χ1) is 34.2. The molecule has 1 aliphatic carbocycles. The van der Waals surface area contributed by atoms with E-state index in [1.165, 1.54) is 92.5 Å². The third kappa shape index (κ3) is 6.83. The highest BCUT2D eigenvalue weighted by molar-refractivity contribution is 7.26. The molecule has 1 nitrogen and oxygen atoms in total. The number of nitrogens with zero attached hydrogens (tertiary/aromatic N) is 1. The maximum absolute atomic E-state index is 2.41. The molecule has 0 N–H and O–H groups in total. The number of para-hydroxylation sites is 1. The lowest BCUT2D eigenvalue weighted by Crippen LogP contribution is -2.28. The van der Waals surface area contributed by atoms with Gasteiger partial charge < -0.3 is 4.90 Å².